The number of carbonyl (C=O) groups excluding carboxylic acids is 1. The molecular formula is C27H32N8O4. The summed E-state index contributed by atoms with van der Waals surface area (Å²) in [4.78, 5) is 27.3. The van der Waals surface area contributed by atoms with Crippen LogP contribution in [0, 0.1) is 11.3 Å². The number of carbonyl (C=O) groups is 1. The van der Waals surface area contributed by atoms with Gasteiger partial charge in [-0.05, 0) is 18.7 Å². The van der Waals surface area contributed by atoms with E-state index >= 15 is 0 Å². The number of methoxy groups -OCH3 is 1. The van der Waals surface area contributed by atoms with E-state index in [0.29, 0.717) is 53.5 Å². The Balaban J connectivity index is 1.44. The molecule has 1 amide bonds. The number of ether oxygens (including phenoxy) is 3. The van der Waals surface area contributed by atoms with Crippen LogP contribution in [0.3, 0.4) is 0 Å². The number of hydrogen-bond donors (Lipinski definition) is 2. The van der Waals surface area contributed by atoms with E-state index < -0.39 is 6.29 Å². The first kappa shape index (κ1) is 26.4. The van der Waals surface area contributed by atoms with Gasteiger partial charge >= 0.3 is 0 Å². The maximum atomic E-state index is 13.4. The molecule has 0 atom stereocenters. The number of nitriles is 1. The van der Waals surface area contributed by atoms with Crippen LogP contribution in [0.25, 0.3) is 11.0 Å². The fourth-order valence-electron chi connectivity index (χ4n) is 4.69. The quantitative estimate of drug-likeness (QED) is 0.396. The lowest BCUT2D eigenvalue weighted by Gasteiger charge is -2.32. The van der Waals surface area contributed by atoms with Crippen LogP contribution in [0.15, 0.2) is 37.1 Å². The fraction of sp³-hybridized carbons (Fsp3) is 0.407. The highest BCUT2D eigenvalue weighted by Crippen LogP contribution is 2.31. The summed E-state index contributed by atoms with van der Waals surface area (Å²) in [6.07, 6.45) is 5.52. The molecule has 5 rings (SSSR count). The minimum Gasteiger partial charge on any atom is -0.454 e. The number of anilines is 2. The van der Waals surface area contributed by atoms with Crippen molar-refractivity contribution in [1.29, 1.82) is 5.26 Å². The van der Waals surface area contributed by atoms with Crippen molar-refractivity contribution in [2.24, 2.45) is 7.05 Å². The molecule has 204 valence electrons. The van der Waals surface area contributed by atoms with E-state index in [2.05, 4.69) is 44.6 Å². The molecule has 12 heteroatoms. The molecule has 0 saturated carbocycles. The van der Waals surface area contributed by atoms with E-state index in [9.17, 15) is 10.1 Å². The zero-order chi connectivity index (χ0) is 27.4. The first-order valence-electron chi connectivity index (χ1n) is 12.8. The number of hydrogen-bond acceptors (Lipinski definition) is 10. The molecule has 0 spiro atoms. The second-order valence-electron chi connectivity index (χ2n) is 9.61. The summed E-state index contributed by atoms with van der Waals surface area (Å²) < 4.78 is 18.3. The van der Waals surface area contributed by atoms with E-state index in [0.717, 1.165) is 37.3 Å². The molecule has 0 unspecified atom stereocenters. The summed E-state index contributed by atoms with van der Waals surface area (Å²) in [5.41, 5.74) is 4.34. The van der Waals surface area contributed by atoms with E-state index in [1.807, 2.05) is 11.6 Å². The van der Waals surface area contributed by atoms with E-state index in [1.165, 1.54) is 18.7 Å². The molecule has 3 aromatic rings. The molecule has 2 aliphatic heterocycles. The number of piperazine rings is 1. The summed E-state index contributed by atoms with van der Waals surface area (Å²) in [6.45, 7) is 5.61. The third-order valence-corrected chi connectivity index (χ3v) is 6.88. The Morgan fingerprint density at radius 2 is 1.97 bits per heavy atom. The summed E-state index contributed by atoms with van der Waals surface area (Å²) in [5.74, 6) is -0.0493. The highest BCUT2D eigenvalue weighted by molar-refractivity contribution is 6.11. The number of fused-ring (bicyclic) bond motifs is 1. The highest BCUT2D eigenvalue weighted by atomic mass is 16.7. The van der Waals surface area contributed by atoms with Crippen LogP contribution in [0.2, 0.25) is 0 Å². The molecule has 1 fully saturated rings. The number of amides is 1. The Morgan fingerprint density at radius 3 is 2.69 bits per heavy atom. The van der Waals surface area contributed by atoms with Crippen molar-refractivity contribution in [2.45, 2.75) is 12.8 Å². The average Bonchev–Trinajstić information content (AvgIpc) is 3.58. The van der Waals surface area contributed by atoms with Crippen molar-refractivity contribution >= 4 is 28.4 Å². The van der Waals surface area contributed by atoms with E-state index in [4.69, 9.17) is 19.2 Å². The zero-order valence-electron chi connectivity index (χ0n) is 22.3. The van der Waals surface area contributed by atoms with Gasteiger partial charge in [0.05, 0.1) is 28.9 Å². The number of aromatic nitrogens is 3. The molecule has 3 aromatic heterocycles. The molecule has 2 aliphatic rings. The molecule has 39 heavy (non-hydrogen) atoms. The molecule has 0 aromatic carbocycles. The van der Waals surface area contributed by atoms with Crippen molar-refractivity contribution in [3.63, 3.8) is 0 Å². The second kappa shape index (κ2) is 11.7. The maximum absolute atomic E-state index is 13.4. The van der Waals surface area contributed by atoms with Gasteiger partial charge in [-0.3, -0.25) is 9.69 Å². The van der Waals surface area contributed by atoms with Crippen LogP contribution in [-0.2, 0) is 27.8 Å². The lowest BCUT2D eigenvalue weighted by atomic mass is 10.1. The fourth-order valence-corrected chi connectivity index (χ4v) is 4.69. The average molecular weight is 533 g/mol. The molecule has 1 saturated heterocycles. The molecule has 5 heterocycles. The predicted octanol–water partition coefficient (Wildman–Crippen LogP) is 2.41. The van der Waals surface area contributed by atoms with Crippen LogP contribution in [-0.4, -0.2) is 83.7 Å². The van der Waals surface area contributed by atoms with E-state index in [1.54, 1.807) is 19.4 Å². The van der Waals surface area contributed by atoms with Crippen molar-refractivity contribution in [3.05, 3.63) is 59.4 Å². The number of nitrogens with zero attached hydrogens (tertiary/aromatic N) is 6. The Kier molecular flexibility index (Phi) is 7.92. The minimum absolute atomic E-state index is 0.314. The lowest BCUT2D eigenvalue weighted by Crippen LogP contribution is -2.44. The smallest absolute Gasteiger partial charge is 0.283 e. The first-order chi connectivity index (χ1) is 19.0. The van der Waals surface area contributed by atoms with Gasteiger partial charge in [-0.2, -0.15) is 5.26 Å². The molecule has 12 nitrogen and oxygen atoms in total. The standard InChI is InChI=1S/C27H32N8O4/c1-33-5-7-35(8-6-33)16-18-12-22-25(32-24(18)27-38-10-11-39-27)20(17-34(22)2)26(36)31-23-13-21(29-4-9-37-3)19(14-28)15-30-23/h10-13,15,17,27H,4-9,16H2,1-3H3,(H2,29,30,31,36). The van der Waals surface area contributed by atoms with Gasteiger partial charge in [0.2, 0.25) is 0 Å². The van der Waals surface area contributed by atoms with Crippen LogP contribution in [0.5, 0.6) is 0 Å². The Hall–Kier alpha value is -4.18. The SMILES string of the molecule is COCCNc1cc(NC(=O)c2cn(C)c3cc(CN4CCN(C)CC4)c(C4OC=CO4)nc23)ncc1C#N. The Labute approximate surface area is 226 Å². The largest absolute Gasteiger partial charge is 0.454 e. The van der Waals surface area contributed by atoms with Crippen molar-refractivity contribution < 1.29 is 19.0 Å². The predicted molar refractivity (Wildman–Crippen MR) is 145 cm³/mol. The monoisotopic (exact) mass is 532 g/mol. The van der Waals surface area contributed by atoms with Gasteiger partial charge in [-0.15, -0.1) is 0 Å². The first-order valence-corrected chi connectivity index (χ1v) is 12.8. The number of pyridine rings is 2. The lowest BCUT2D eigenvalue weighted by molar-refractivity contribution is -0.0289. The number of aryl methyl sites for hydroxylation is 1. The van der Waals surface area contributed by atoms with Crippen LogP contribution in [0.4, 0.5) is 11.5 Å². The Bertz CT molecular complexity index is 1410. The van der Waals surface area contributed by atoms with Crippen molar-refractivity contribution in [2.75, 3.05) is 64.1 Å². The normalized spacial score (nSPS) is 16.2. The molecule has 0 bridgehead atoms. The topological polar surface area (TPSA) is 130 Å². The molecule has 2 N–H and O–H groups in total. The Morgan fingerprint density at radius 1 is 1.21 bits per heavy atom. The van der Waals surface area contributed by atoms with Gasteiger partial charge in [0.25, 0.3) is 12.2 Å². The van der Waals surface area contributed by atoms with Crippen LogP contribution < -0.4 is 10.6 Å². The van der Waals surface area contributed by atoms with Gasteiger partial charge in [0.1, 0.15) is 35.6 Å². The molecule has 0 aliphatic carbocycles. The minimum atomic E-state index is -0.672. The summed E-state index contributed by atoms with van der Waals surface area (Å²) >= 11 is 0. The highest BCUT2D eigenvalue weighted by Gasteiger charge is 2.27. The second-order valence-corrected chi connectivity index (χ2v) is 9.61. The van der Waals surface area contributed by atoms with Crippen LogP contribution in [0.1, 0.15) is 33.5 Å². The summed E-state index contributed by atoms with van der Waals surface area (Å²) in [7, 11) is 5.62. The van der Waals surface area contributed by atoms with Crippen LogP contribution >= 0.6 is 0 Å². The van der Waals surface area contributed by atoms with Gasteiger partial charge in [-0.25, -0.2) is 9.97 Å². The molecular weight excluding hydrogens is 500 g/mol. The summed E-state index contributed by atoms with van der Waals surface area (Å²) in [6, 6.07) is 5.81. The zero-order valence-corrected chi connectivity index (χ0v) is 22.3. The third kappa shape index (κ3) is 5.80. The van der Waals surface area contributed by atoms with Gasteiger partial charge in [0.15, 0.2) is 0 Å². The number of nitrogens with one attached hydrogen (secondary N) is 2. The summed E-state index contributed by atoms with van der Waals surface area (Å²) in [5, 5.41) is 15.4. The maximum Gasteiger partial charge on any atom is 0.283 e. The number of rotatable bonds is 9. The third-order valence-electron chi connectivity index (χ3n) is 6.88. The van der Waals surface area contributed by atoms with Gasteiger partial charge in [0, 0.05) is 71.9 Å². The van der Waals surface area contributed by atoms with Gasteiger partial charge < -0.3 is 34.3 Å². The van der Waals surface area contributed by atoms with Crippen molar-refractivity contribution in [3.8, 4) is 6.07 Å². The van der Waals surface area contributed by atoms with Crippen molar-refractivity contribution in [1.82, 2.24) is 24.3 Å². The molecule has 0 radical (unpaired) electrons. The van der Waals surface area contributed by atoms with E-state index in [-0.39, 0.29) is 5.91 Å². The van der Waals surface area contributed by atoms with Gasteiger partial charge in [-0.1, -0.05) is 0 Å². The number of likely N-dealkylation sites (N-methyl/N-ethyl adjacent to an activating group) is 1.